The van der Waals surface area contributed by atoms with Crippen LogP contribution in [0.15, 0.2) is 0 Å². The minimum Gasteiger partial charge on any atom is -0.310 e. The summed E-state index contributed by atoms with van der Waals surface area (Å²) in [5.41, 5.74) is 0. The van der Waals surface area contributed by atoms with Crippen LogP contribution >= 0.6 is 0 Å². The zero-order valence-corrected chi connectivity index (χ0v) is 11.5. The minimum absolute atomic E-state index is 0.120. The van der Waals surface area contributed by atoms with Crippen molar-refractivity contribution in [2.24, 2.45) is 23.7 Å². The molecule has 17 heavy (non-hydrogen) atoms. The van der Waals surface area contributed by atoms with E-state index in [9.17, 15) is 8.42 Å². The summed E-state index contributed by atoms with van der Waals surface area (Å²) in [6.07, 6.45) is 4.30. The van der Waals surface area contributed by atoms with E-state index >= 15 is 0 Å². The van der Waals surface area contributed by atoms with Crippen molar-refractivity contribution in [2.75, 3.05) is 11.5 Å². The summed E-state index contributed by atoms with van der Waals surface area (Å²) in [4.78, 5) is 0. The van der Waals surface area contributed by atoms with Crippen molar-refractivity contribution in [3.8, 4) is 0 Å². The molecular formula is C13H23NO2S. The Bertz CT molecular complexity index is 390. The van der Waals surface area contributed by atoms with Gasteiger partial charge in [0.25, 0.3) is 0 Å². The van der Waals surface area contributed by atoms with Gasteiger partial charge in [0.05, 0.1) is 5.75 Å². The number of sulfone groups is 1. The molecule has 3 aliphatic rings. The number of hydrogen-bond donors (Lipinski definition) is 1. The second-order valence-corrected chi connectivity index (χ2v) is 8.68. The molecule has 0 radical (unpaired) electrons. The van der Waals surface area contributed by atoms with E-state index in [1.807, 2.05) is 6.92 Å². The first-order valence-electron chi connectivity index (χ1n) is 6.98. The Morgan fingerprint density at radius 1 is 1.24 bits per heavy atom. The SMILES string of the molecule is CCS(=O)(=O)CC(C)NC1C2C3CCC(C3)C12. The molecule has 5 atom stereocenters. The first-order valence-corrected chi connectivity index (χ1v) is 8.80. The first-order chi connectivity index (χ1) is 8.02. The van der Waals surface area contributed by atoms with Crippen molar-refractivity contribution in [2.45, 2.75) is 45.2 Å². The van der Waals surface area contributed by atoms with Crippen LogP contribution in [-0.4, -0.2) is 32.0 Å². The van der Waals surface area contributed by atoms with Gasteiger partial charge in [-0.05, 0) is 49.9 Å². The summed E-state index contributed by atoms with van der Waals surface area (Å²) >= 11 is 0. The van der Waals surface area contributed by atoms with E-state index in [1.165, 1.54) is 19.3 Å². The monoisotopic (exact) mass is 257 g/mol. The Labute approximate surface area is 104 Å². The molecule has 98 valence electrons. The van der Waals surface area contributed by atoms with Crippen LogP contribution in [0.3, 0.4) is 0 Å². The molecule has 0 spiro atoms. The van der Waals surface area contributed by atoms with Crippen molar-refractivity contribution in [3.05, 3.63) is 0 Å². The van der Waals surface area contributed by atoms with Gasteiger partial charge >= 0.3 is 0 Å². The molecule has 0 aliphatic heterocycles. The predicted octanol–water partition coefficient (Wildman–Crippen LogP) is 1.44. The number of nitrogens with one attached hydrogen (secondary N) is 1. The van der Waals surface area contributed by atoms with Gasteiger partial charge in [-0.15, -0.1) is 0 Å². The summed E-state index contributed by atoms with van der Waals surface area (Å²) in [6.45, 7) is 3.75. The lowest BCUT2D eigenvalue weighted by Crippen LogP contribution is -2.37. The molecule has 0 heterocycles. The maximum absolute atomic E-state index is 11.6. The van der Waals surface area contributed by atoms with Crippen LogP contribution in [0, 0.1) is 23.7 Å². The zero-order chi connectivity index (χ0) is 12.2. The highest BCUT2D eigenvalue weighted by Crippen LogP contribution is 2.65. The second-order valence-electron chi connectivity index (χ2n) is 6.28. The van der Waals surface area contributed by atoms with Gasteiger partial charge in [-0.3, -0.25) is 0 Å². The minimum atomic E-state index is -2.83. The van der Waals surface area contributed by atoms with E-state index in [0.29, 0.717) is 11.8 Å². The Kier molecular flexibility index (Phi) is 2.78. The third-order valence-corrected chi connectivity index (χ3v) is 7.04. The maximum atomic E-state index is 11.6. The largest absolute Gasteiger partial charge is 0.310 e. The Morgan fingerprint density at radius 3 is 2.35 bits per heavy atom. The lowest BCUT2D eigenvalue weighted by molar-refractivity contribution is 0.438. The molecule has 3 aliphatic carbocycles. The topological polar surface area (TPSA) is 46.2 Å². The van der Waals surface area contributed by atoms with Gasteiger partial charge in [-0.25, -0.2) is 8.42 Å². The zero-order valence-electron chi connectivity index (χ0n) is 10.7. The summed E-state index contributed by atoms with van der Waals surface area (Å²) in [6, 6.07) is 0.762. The average Bonchev–Trinajstić information content (AvgIpc) is 2.69. The molecule has 0 amide bonds. The molecule has 3 saturated carbocycles. The van der Waals surface area contributed by atoms with Gasteiger partial charge in [-0.1, -0.05) is 6.92 Å². The van der Waals surface area contributed by atoms with E-state index in [2.05, 4.69) is 5.32 Å². The third kappa shape index (κ3) is 2.03. The third-order valence-electron chi connectivity index (χ3n) is 5.16. The van der Waals surface area contributed by atoms with Crippen molar-refractivity contribution in [1.82, 2.24) is 5.32 Å². The second kappa shape index (κ2) is 3.95. The van der Waals surface area contributed by atoms with Crippen LogP contribution in [0.25, 0.3) is 0 Å². The molecular weight excluding hydrogens is 234 g/mol. The summed E-state index contributed by atoms with van der Waals surface area (Å²) in [5.74, 6) is 4.26. The van der Waals surface area contributed by atoms with E-state index in [0.717, 1.165) is 23.7 Å². The van der Waals surface area contributed by atoms with Gasteiger partial charge in [-0.2, -0.15) is 0 Å². The molecule has 0 aromatic rings. The van der Waals surface area contributed by atoms with Crippen LogP contribution in [-0.2, 0) is 9.84 Å². The molecule has 0 aromatic carbocycles. The maximum Gasteiger partial charge on any atom is 0.151 e. The molecule has 3 rings (SSSR count). The van der Waals surface area contributed by atoms with Crippen molar-refractivity contribution < 1.29 is 8.42 Å². The fraction of sp³-hybridized carbons (Fsp3) is 1.00. The molecule has 2 bridgehead atoms. The highest BCUT2D eigenvalue weighted by molar-refractivity contribution is 7.91. The van der Waals surface area contributed by atoms with E-state index in [4.69, 9.17) is 0 Å². The average molecular weight is 257 g/mol. The number of fused-ring (bicyclic) bond motifs is 5. The number of rotatable bonds is 5. The van der Waals surface area contributed by atoms with Crippen molar-refractivity contribution >= 4 is 9.84 Å². The van der Waals surface area contributed by atoms with Crippen LogP contribution in [0.5, 0.6) is 0 Å². The van der Waals surface area contributed by atoms with Crippen molar-refractivity contribution in [1.29, 1.82) is 0 Å². The van der Waals surface area contributed by atoms with Gasteiger partial charge in [0, 0.05) is 17.8 Å². The van der Waals surface area contributed by atoms with Gasteiger partial charge < -0.3 is 5.32 Å². The van der Waals surface area contributed by atoms with Crippen molar-refractivity contribution in [3.63, 3.8) is 0 Å². The Balaban J connectivity index is 1.53. The Morgan fingerprint density at radius 2 is 1.82 bits per heavy atom. The summed E-state index contributed by atoms with van der Waals surface area (Å²) in [5, 5.41) is 3.57. The summed E-state index contributed by atoms with van der Waals surface area (Å²) in [7, 11) is -2.83. The highest BCUT2D eigenvalue weighted by atomic mass is 32.2. The fourth-order valence-corrected chi connectivity index (χ4v) is 5.52. The quantitative estimate of drug-likeness (QED) is 0.811. The van der Waals surface area contributed by atoms with Crippen LogP contribution in [0.1, 0.15) is 33.1 Å². The standard InChI is InChI=1S/C13H23NO2S/c1-3-17(15,16)7-8(2)14-13-11-9-4-5-10(6-9)12(11)13/h8-14H,3-7H2,1-2H3. The van der Waals surface area contributed by atoms with Crippen LogP contribution < -0.4 is 5.32 Å². The lowest BCUT2D eigenvalue weighted by atomic mass is 10.0. The summed E-state index contributed by atoms with van der Waals surface area (Å²) < 4.78 is 23.1. The molecule has 3 fully saturated rings. The smallest absolute Gasteiger partial charge is 0.151 e. The molecule has 4 heteroatoms. The van der Waals surface area contributed by atoms with Gasteiger partial charge in [0.2, 0.25) is 0 Å². The molecule has 3 nitrogen and oxygen atoms in total. The van der Waals surface area contributed by atoms with Gasteiger partial charge in [0.15, 0.2) is 9.84 Å². The van der Waals surface area contributed by atoms with E-state index in [1.54, 1.807) is 6.92 Å². The highest BCUT2D eigenvalue weighted by Gasteiger charge is 2.64. The number of hydrogen-bond acceptors (Lipinski definition) is 3. The lowest BCUT2D eigenvalue weighted by Gasteiger charge is -2.16. The van der Waals surface area contributed by atoms with Gasteiger partial charge in [0.1, 0.15) is 0 Å². The molecule has 1 N–H and O–H groups in total. The van der Waals surface area contributed by atoms with Crippen LogP contribution in [0.4, 0.5) is 0 Å². The molecule has 5 unspecified atom stereocenters. The van der Waals surface area contributed by atoms with E-state index < -0.39 is 9.84 Å². The predicted molar refractivity (Wildman–Crippen MR) is 68.5 cm³/mol. The fourth-order valence-electron chi connectivity index (χ4n) is 4.42. The normalized spacial score (nSPS) is 44.7. The Hall–Kier alpha value is -0.0900. The van der Waals surface area contributed by atoms with E-state index in [-0.39, 0.29) is 11.8 Å². The molecule has 0 saturated heterocycles. The molecule has 0 aromatic heterocycles. The van der Waals surface area contributed by atoms with Crippen LogP contribution in [0.2, 0.25) is 0 Å². The first kappa shape index (κ1) is 12.0.